The molecule has 0 aliphatic carbocycles. The van der Waals surface area contributed by atoms with Crippen LogP contribution in [0, 0.1) is 5.92 Å². The molecule has 1 aromatic carbocycles. The van der Waals surface area contributed by atoms with E-state index in [-0.39, 0.29) is 18.0 Å². The summed E-state index contributed by atoms with van der Waals surface area (Å²) in [5.41, 5.74) is 0.293. The van der Waals surface area contributed by atoms with E-state index in [0.29, 0.717) is 56.6 Å². The lowest BCUT2D eigenvalue weighted by molar-refractivity contribution is -0.122. The van der Waals surface area contributed by atoms with E-state index in [1.54, 1.807) is 4.90 Å². The maximum absolute atomic E-state index is 12.9. The van der Waals surface area contributed by atoms with Gasteiger partial charge in [-0.05, 0) is 84.0 Å². The molecule has 2 aliphatic rings. The van der Waals surface area contributed by atoms with Gasteiger partial charge in [-0.3, -0.25) is 4.79 Å². The monoisotopic (exact) mass is 527 g/mol. The van der Waals surface area contributed by atoms with Gasteiger partial charge in [0.25, 0.3) is 0 Å². The predicted molar refractivity (Wildman–Crippen MR) is 143 cm³/mol. The van der Waals surface area contributed by atoms with Crippen molar-refractivity contribution in [3.05, 3.63) is 30.2 Å². The van der Waals surface area contributed by atoms with Gasteiger partial charge in [-0.2, -0.15) is 4.98 Å². The van der Waals surface area contributed by atoms with Crippen molar-refractivity contribution in [2.24, 2.45) is 5.92 Å². The predicted octanol–water partition coefficient (Wildman–Crippen LogP) is 3.95. The molecule has 10 heteroatoms. The van der Waals surface area contributed by atoms with Gasteiger partial charge in [0.15, 0.2) is 0 Å². The van der Waals surface area contributed by atoms with Gasteiger partial charge in [-0.1, -0.05) is 17.3 Å². The summed E-state index contributed by atoms with van der Waals surface area (Å²) in [5.74, 6) is 2.08. The van der Waals surface area contributed by atoms with E-state index in [0.717, 1.165) is 50.1 Å². The zero-order chi connectivity index (χ0) is 27.0. The number of hydrogen-bond donors (Lipinski definition) is 2. The maximum atomic E-state index is 12.9. The summed E-state index contributed by atoms with van der Waals surface area (Å²) in [6, 6.07) is 7.74. The number of nitrogens with one attached hydrogen (secondary N) is 2. The number of likely N-dealkylation sites (tertiary alicyclic amines) is 1. The zero-order valence-corrected chi connectivity index (χ0v) is 22.8. The molecule has 0 spiro atoms. The molecule has 1 fully saturated rings. The first-order valence-corrected chi connectivity index (χ1v) is 13.8. The molecule has 0 radical (unpaired) electrons. The summed E-state index contributed by atoms with van der Waals surface area (Å²) in [4.78, 5) is 31.7. The van der Waals surface area contributed by atoms with Crippen molar-refractivity contribution in [3.8, 4) is 17.1 Å². The first kappa shape index (κ1) is 27.9. The summed E-state index contributed by atoms with van der Waals surface area (Å²) in [7, 11) is 0. The number of rotatable bonds is 1. The lowest BCUT2D eigenvalue weighted by atomic mass is 9.87. The summed E-state index contributed by atoms with van der Waals surface area (Å²) in [6.45, 7) is 9.09. The van der Waals surface area contributed by atoms with E-state index in [1.165, 1.54) is 0 Å². The highest BCUT2D eigenvalue weighted by Crippen LogP contribution is 2.28. The maximum Gasteiger partial charge on any atom is 0.410 e. The second-order valence-corrected chi connectivity index (χ2v) is 11.1. The van der Waals surface area contributed by atoms with Gasteiger partial charge in [0.2, 0.25) is 17.6 Å². The first-order chi connectivity index (χ1) is 18.3. The molecule has 38 heavy (non-hydrogen) atoms. The molecule has 2 N–H and O–H groups in total. The minimum absolute atomic E-state index is 0.0316. The molecule has 4 rings (SSSR count). The molecular weight excluding hydrogens is 486 g/mol. The minimum Gasteiger partial charge on any atom is -0.493 e. The number of ether oxygens (including phenoxy) is 2. The summed E-state index contributed by atoms with van der Waals surface area (Å²) in [6.07, 6.45) is 4.62. The highest BCUT2D eigenvalue weighted by Gasteiger charge is 2.31. The Bertz CT molecular complexity index is 1060. The Labute approximate surface area is 224 Å². The SMILES string of the molecule is CC(C)(C)OC(=O)N1CCC(C2CCNCCCOc3ccccc3-c3noc(n3)CCCC(=O)N2)CC1. The van der Waals surface area contributed by atoms with Crippen LogP contribution in [0.5, 0.6) is 5.75 Å². The number of amides is 2. The second kappa shape index (κ2) is 13.1. The molecule has 2 aliphatic heterocycles. The molecule has 2 amide bonds. The third kappa shape index (κ3) is 8.18. The van der Waals surface area contributed by atoms with Crippen LogP contribution in [0.3, 0.4) is 0 Å². The van der Waals surface area contributed by atoms with Crippen molar-refractivity contribution in [1.29, 1.82) is 0 Å². The van der Waals surface area contributed by atoms with Crippen LogP contribution in [0.15, 0.2) is 28.8 Å². The van der Waals surface area contributed by atoms with Crippen molar-refractivity contribution >= 4 is 12.0 Å². The van der Waals surface area contributed by atoms with Crippen LogP contribution < -0.4 is 15.4 Å². The van der Waals surface area contributed by atoms with E-state index in [9.17, 15) is 9.59 Å². The standard InChI is InChI=1S/C28H41N5O5/c1-28(2,3)37-27(35)33-17-13-20(14-18-33)22-12-16-29-15-7-19-36-23-9-5-4-8-21(23)26-31-25(38-32-26)11-6-10-24(34)30-22/h4-5,8-9,20,22,29H,6-7,10-19H2,1-3H3,(H,30,34). The van der Waals surface area contributed by atoms with Gasteiger partial charge in [-0.25, -0.2) is 4.79 Å². The third-order valence-electron chi connectivity index (χ3n) is 6.88. The van der Waals surface area contributed by atoms with Gasteiger partial charge < -0.3 is 29.5 Å². The molecule has 0 saturated carbocycles. The molecule has 208 valence electrons. The van der Waals surface area contributed by atoms with Crippen LogP contribution in [0.25, 0.3) is 11.4 Å². The fraction of sp³-hybridized carbons (Fsp3) is 0.643. The fourth-order valence-corrected chi connectivity index (χ4v) is 4.92. The highest BCUT2D eigenvalue weighted by molar-refractivity contribution is 5.76. The Kier molecular flexibility index (Phi) is 9.60. The van der Waals surface area contributed by atoms with Crippen LogP contribution in [0.4, 0.5) is 4.79 Å². The Hall–Kier alpha value is -3.14. The Morgan fingerprint density at radius 2 is 1.87 bits per heavy atom. The average molecular weight is 528 g/mol. The molecule has 1 atom stereocenters. The first-order valence-electron chi connectivity index (χ1n) is 13.8. The third-order valence-corrected chi connectivity index (χ3v) is 6.88. The van der Waals surface area contributed by atoms with E-state index < -0.39 is 5.60 Å². The number of fused-ring (bicyclic) bond motifs is 4. The molecular formula is C28H41N5O5. The van der Waals surface area contributed by atoms with Crippen LogP contribution in [-0.4, -0.2) is 71.5 Å². The van der Waals surface area contributed by atoms with Crippen molar-refractivity contribution in [2.45, 2.75) is 77.4 Å². The largest absolute Gasteiger partial charge is 0.493 e. The molecule has 2 aromatic rings. The van der Waals surface area contributed by atoms with E-state index in [2.05, 4.69) is 20.8 Å². The molecule has 1 aromatic heterocycles. The van der Waals surface area contributed by atoms with Crippen molar-refractivity contribution in [3.63, 3.8) is 0 Å². The van der Waals surface area contributed by atoms with Gasteiger partial charge in [-0.15, -0.1) is 0 Å². The van der Waals surface area contributed by atoms with Gasteiger partial charge in [0.05, 0.1) is 12.2 Å². The number of piperidine rings is 1. The number of aryl methyl sites for hydroxylation is 1. The number of aromatic nitrogens is 2. The normalized spacial score (nSPS) is 20.9. The number of benzene rings is 1. The summed E-state index contributed by atoms with van der Waals surface area (Å²) in [5, 5.41) is 10.9. The van der Waals surface area contributed by atoms with Gasteiger partial charge >= 0.3 is 6.09 Å². The quantitative estimate of drug-likeness (QED) is 0.572. The minimum atomic E-state index is -0.508. The van der Waals surface area contributed by atoms with Crippen molar-refractivity contribution in [2.75, 3.05) is 32.8 Å². The topological polar surface area (TPSA) is 119 Å². The molecule has 1 unspecified atom stereocenters. The van der Waals surface area contributed by atoms with Crippen LogP contribution in [-0.2, 0) is 16.0 Å². The smallest absolute Gasteiger partial charge is 0.410 e. The summed E-state index contributed by atoms with van der Waals surface area (Å²) < 4.78 is 17.0. The van der Waals surface area contributed by atoms with Gasteiger partial charge in [0, 0.05) is 32.0 Å². The van der Waals surface area contributed by atoms with E-state index in [1.807, 2.05) is 45.0 Å². The van der Waals surface area contributed by atoms with Crippen molar-refractivity contribution < 1.29 is 23.6 Å². The Morgan fingerprint density at radius 3 is 2.66 bits per heavy atom. The van der Waals surface area contributed by atoms with Crippen LogP contribution in [0.1, 0.15) is 65.2 Å². The average Bonchev–Trinajstić information content (AvgIpc) is 3.35. The number of carbonyl (C=O) groups is 2. The number of nitrogens with zero attached hydrogens (tertiary/aromatic N) is 3. The Morgan fingerprint density at radius 1 is 1.08 bits per heavy atom. The lowest BCUT2D eigenvalue weighted by Gasteiger charge is -2.37. The second-order valence-electron chi connectivity index (χ2n) is 11.1. The zero-order valence-electron chi connectivity index (χ0n) is 22.8. The van der Waals surface area contributed by atoms with Crippen molar-refractivity contribution in [1.82, 2.24) is 25.7 Å². The number of carbonyl (C=O) groups excluding carboxylic acids is 2. The fourth-order valence-electron chi connectivity index (χ4n) is 4.92. The van der Waals surface area contributed by atoms with E-state index >= 15 is 0 Å². The summed E-state index contributed by atoms with van der Waals surface area (Å²) >= 11 is 0. The molecule has 1 saturated heterocycles. The van der Waals surface area contributed by atoms with Crippen LogP contribution >= 0.6 is 0 Å². The molecule has 10 nitrogen and oxygen atoms in total. The van der Waals surface area contributed by atoms with E-state index in [4.69, 9.17) is 14.0 Å². The van der Waals surface area contributed by atoms with Gasteiger partial charge in [0.1, 0.15) is 11.4 Å². The number of para-hydroxylation sites is 1. The molecule has 2 bridgehead atoms. The Balaban J connectivity index is 1.36. The lowest BCUT2D eigenvalue weighted by Crippen LogP contribution is -2.48. The molecule has 3 heterocycles. The number of hydrogen-bond acceptors (Lipinski definition) is 8. The van der Waals surface area contributed by atoms with Crippen LogP contribution in [0.2, 0.25) is 0 Å². The highest BCUT2D eigenvalue weighted by atomic mass is 16.6.